The van der Waals surface area contributed by atoms with Gasteiger partial charge in [-0.1, -0.05) is 49.4 Å². The normalized spacial score (nSPS) is 12.0. The van der Waals surface area contributed by atoms with Crippen molar-refractivity contribution in [2.75, 3.05) is 11.9 Å². The van der Waals surface area contributed by atoms with Crippen LogP contribution in [-0.2, 0) is 6.54 Å². The number of benzene rings is 3. The van der Waals surface area contributed by atoms with Gasteiger partial charge < -0.3 is 15.6 Å². The van der Waals surface area contributed by atoms with Gasteiger partial charge in [-0.15, -0.1) is 0 Å². The number of anilines is 1. The Labute approximate surface area is 182 Å². The van der Waals surface area contributed by atoms with Crippen molar-refractivity contribution in [3.05, 3.63) is 95.8 Å². The van der Waals surface area contributed by atoms with Gasteiger partial charge in [-0.05, 0) is 61.3 Å². The number of H-pyrrole nitrogens is 1. The number of aromatic amines is 1. The molecular weight excluding hydrogens is 384 g/mol. The number of hydrogen-bond donors (Lipinski definition) is 3. The Morgan fingerprint density at radius 1 is 0.968 bits per heavy atom. The van der Waals surface area contributed by atoms with Crippen molar-refractivity contribution < 1.29 is 4.79 Å². The molecule has 0 bridgehead atoms. The maximum Gasteiger partial charge on any atom is 0.255 e. The number of fused-ring (bicyclic) bond motifs is 1. The Hall–Kier alpha value is -3.44. The number of imidazole rings is 1. The highest BCUT2D eigenvalue weighted by Gasteiger charge is 2.10. The van der Waals surface area contributed by atoms with E-state index in [4.69, 9.17) is 4.98 Å². The van der Waals surface area contributed by atoms with E-state index in [0.29, 0.717) is 11.5 Å². The van der Waals surface area contributed by atoms with Gasteiger partial charge in [0.15, 0.2) is 0 Å². The molecule has 0 saturated carbocycles. The van der Waals surface area contributed by atoms with Gasteiger partial charge in [-0.3, -0.25) is 4.79 Å². The van der Waals surface area contributed by atoms with Crippen molar-refractivity contribution in [2.45, 2.75) is 32.2 Å². The van der Waals surface area contributed by atoms with E-state index in [-0.39, 0.29) is 5.91 Å². The Kier molecular flexibility index (Phi) is 6.75. The molecule has 158 valence electrons. The molecule has 1 unspecified atom stereocenters. The van der Waals surface area contributed by atoms with E-state index < -0.39 is 0 Å². The van der Waals surface area contributed by atoms with E-state index in [0.717, 1.165) is 48.5 Å². The van der Waals surface area contributed by atoms with E-state index in [1.54, 1.807) is 0 Å². The maximum atomic E-state index is 12.2. The van der Waals surface area contributed by atoms with Crippen LogP contribution in [0.4, 0.5) is 5.69 Å². The van der Waals surface area contributed by atoms with Crippen LogP contribution in [0.25, 0.3) is 11.0 Å². The molecule has 5 nitrogen and oxygen atoms in total. The van der Waals surface area contributed by atoms with Crippen LogP contribution in [0.5, 0.6) is 0 Å². The first-order valence-electron chi connectivity index (χ1n) is 10.8. The maximum absolute atomic E-state index is 12.2. The smallest absolute Gasteiger partial charge is 0.255 e. The lowest BCUT2D eigenvalue weighted by Crippen LogP contribution is -2.15. The molecule has 4 rings (SSSR count). The molecule has 3 aromatic carbocycles. The van der Waals surface area contributed by atoms with Gasteiger partial charge in [0.2, 0.25) is 0 Å². The quantitative estimate of drug-likeness (QED) is 0.318. The fourth-order valence-electron chi connectivity index (χ4n) is 3.61. The highest BCUT2D eigenvalue weighted by Crippen LogP contribution is 2.21. The van der Waals surface area contributed by atoms with Crippen molar-refractivity contribution in [3.8, 4) is 0 Å². The topological polar surface area (TPSA) is 69.8 Å². The van der Waals surface area contributed by atoms with Crippen LogP contribution in [0.1, 0.15) is 47.4 Å². The highest BCUT2D eigenvalue weighted by molar-refractivity contribution is 6.04. The summed E-state index contributed by atoms with van der Waals surface area (Å²) in [6, 6.07) is 25.4. The summed E-state index contributed by atoms with van der Waals surface area (Å²) < 4.78 is 0. The molecule has 0 aliphatic carbocycles. The van der Waals surface area contributed by atoms with Crippen LogP contribution in [0.2, 0.25) is 0 Å². The summed E-state index contributed by atoms with van der Waals surface area (Å²) in [7, 11) is 0. The van der Waals surface area contributed by atoms with Crippen molar-refractivity contribution in [1.82, 2.24) is 15.3 Å². The fraction of sp³-hybridized carbons (Fsp3) is 0.231. The summed E-state index contributed by atoms with van der Waals surface area (Å²) in [6.45, 7) is 3.99. The van der Waals surface area contributed by atoms with Crippen molar-refractivity contribution in [3.63, 3.8) is 0 Å². The number of hydrogen-bond acceptors (Lipinski definition) is 3. The molecule has 0 radical (unpaired) electrons. The second-order valence-electron chi connectivity index (χ2n) is 7.88. The predicted molar refractivity (Wildman–Crippen MR) is 126 cm³/mol. The molecule has 0 fully saturated rings. The van der Waals surface area contributed by atoms with Gasteiger partial charge in [0.25, 0.3) is 5.91 Å². The van der Waals surface area contributed by atoms with Crippen LogP contribution < -0.4 is 10.6 Å². The number of rotatable bonds is 9. The third-order valence-electron chi connectivity index (χ3n) is 5.44. The van der Waals surface area contributed by atoms with Crippen molar-refractivity contribution in [1.29, 1.82) is 0 Å². The molecule has 31 heavy (non-hydrogen) atoms. The van der Waals surface area contributed by atoms with Crippen LogP contribution >= 0.6 is 0 Å². The highest BCUT2D eigenvalue weighted by atomic mass is 16.1. The molecule has 1 atom stereocenters. The van der Waals surface area contributed by atoms with Crippen LogP contribution in [-0.4, -0.2) is 22.4 Å². The summed E-state index contributed by atoms with van der Waals surface area (Å²) >= 11 is 0. The molecule has 5 heteroatoms. The lowest BCUT2D eigenvalue weighted by molar-refractivity contribution is 0.102. The number of nitrogens with zero attached hydrogens (tertiary/aromatic N) is 1. The minimum Gasteiger partial charge on any atom is -0.342 e. The van der Waals surface area contributed by atoms with E-state index in [1.807, 2.05) is 72.8 Å². The zero-order valence-electron chi connectivity index (χ0n) is 17.8. The van der Waals surface area contributed by atoms with Gasteiger partial charge in [0.1, 0.15) is 5.82 Å². The number of para-hydroxylation sites is 2. The van der Waals surface area contributed by atoms with Gasteiger partial charge >= 0.3 is 0 Å². The summed E-state index contributed by atoms with van der Waals surface area (Å²) in [5.41, 5.74) is 4.79. The summed E-state index contributed by atoms with van der Waals surface area (Å²) in [4.78, 5) is 20.4. The number of carbonyl (C=O) groups excluding carboxylic acids is 1. The molecule has 0 saturated heterocycles. The van der Waals surface area contributed by atoms with Gasteiger partial charge in [-0.25, -0.2) is 4.98 Å². The number of nitrogens with one attached hydrogen (secondary N) is 3. The Morgan fingerprint density at radius 2 is 1.71 bits per heavy atom. The standard InChI is InChI=1S/C26H28N4O/c1-19(25-29-23-11-5-6-12-24(23)30-25)8-7-17-27-18-20-13-15-22(16-14-20)28-26(31)21-9-3-2-4-10-21/h2-6,9-16,19,27H,7-8,17-18H2,1H3,(H,28,31)(H,29,30). The first kappa shape index (κ1) is 20.8. The monoisotopic (exact) mass is 412 g/mol. The molecule has 0 aliphatic heterocycles. The van der Waals surface area contributed by atoms with E-state index in [9.17, 15) is 4.79 Å². The molecule has 0 aliphatic rings. The average molecular weight is 413 g/mol. The minimum absolute atomic E-state index is 0.0925. The zero-order chi connectivity index (χ0) is 21.5. The van der Waals surface area contributed by atoms with Crippen LogP contribution in [0, 0.1) is 0 Å². The van der Waals surface area contributed by atoms with Crippen LogP contribution in [0.15, 0.2) is 78.9 Å². The second-order valence-corrected chi connectivity index (χ2v) is 7.88. The van der Waals surface area contributed by atoms with Gasteiger partial charge in [0.05, 0.1) is 11.0 Å². The number of aromatic nitrogens is 2. The Bertz CT molecular complexity index is 1090. The minimum atomic E-state index is -0.0925. The molecule has 4 aromatic rings. The molecule has 3 N–H and O–H groups in total. The van der Waals surface area contributed by atoms with Crippen LogP contribution in [0.3, 0.4) is 0 Å². The SMILES string of the molecule is CC(CCCNCc1ccc(NC(=O)c2ccccc2)cc1)c1nc2ccccc2[nH]1. The molecular formula is C26H28N4O. The second kappa shape index (κ2) is 10.0. The number of carbonyl (C=O) groups is 1. The largest absolute Gasteiger partial charge is 0.342 e. The summed E-state index contributed by atoms with van der Waals surface area (Å²) in [6.07, 6.45) is 2.17. The van der Waals surface area contributed by atoms with E-state index >= 15 is 0 Å². The van der Waals surface area contributed by atoms with E-state index in [1.165, 1.54) is 5.56 Å². The lowest BCUT2D eigenvalue weighted by Gasteiger charge is -2.10. The lowest BCUT2D eigenvalue weighted by atomic mass is 10.1. The first-order valence-corrected chi connectivity index (χ1v) is 10.8. The first-order chi connectivity index (χ1) is 15.2. The predicted octanol–water partition coefficient (Wildman–Crippen LogP) is 5.49. The third-order valence-corrected chi connectivity index (χ3v) is 5.44. The summed E-state index contributed by atoms with van der Waals surface area (Å²) in [5, 5.41) is 6.43. The molecule has 1 aromatic heterocycles. The third kappa shape index (κ3) is 5.58. The van der Waals surface area contributed by atoms with Gasteiger partial charge in [0, 0.05) is 23.7 Å². The average Bonchev–Trinajstić information content (AvgIpc) is 3.25. The van der Waals surface area contributed by atoms with E-state index in [2.05, 4.69) is 28.6 Å². The van der Waals surface area contributed by atoms with Crippen molar-refractivity contribution >= 4 is 22.6 Å². The zero-order valence-corrected chi connectivity index (χ0v) is 17.8. The molecule has 1 amide bonds. The van der Waals surface area contributed by atoms with Gasteiger partial charge in [-0.2, -0.15) is 0 Å². The fourth-order valence-corrected chi connectivity index (χ4v) is 3.61. The van der Waals surface area contributed by atoms with Crippen molar-refractivity contribution in [2.24, 2.45) is 0 Å². The summed E-state index contributed by atoms with van der Waals surface area (Å²) in [5.74, 6) is 1.38. The molecule has 0 spiro atoms. The Balaban J connectivity index is 1.18. The number of amides is 1. The molecule has 1 heterocycles. The Morgan fingerprint density at radius 3 is 2.48 bits per heavy atom.